The van der Waals surface area contributed by atoms with Crippen LogP contribution in [0.25, 0.3) is 40.2 Å². The Morgan fingerprint density at radius 3 is 2.50 bits per heavy atom. The highest BCUT2D eigenvalue weighted by Crippen LogP contribution is 2.47. The van der Waals surface area contributed by atoms with Gasteiger partial charge in [0.05, 0.1) is 16.0 Å². The number of rotatable bonds is 11. The van der Waals surface area contributed by atoms with E-state index in [2.05, 4.69) is 65.2 Å². The molecule has 0 saturated carbocycles. The molecule has 42 heavy (non-hydrogen) atoms. The topological polar surface area (TPSA) is 44.9 Å². The van der Waals surface area contributed by atoms with Gasteiger partial charge >= 0.3 is 5.97 Å². The van der Waals surface area contributed by atoms with Crippen molar-refractivity contribution in [3.05, 3.63) is 87.7 Å². The van der Waals surface area contributed by atoms with Crippen molar-refractivity contribution in [1.29, 1.82) is 0 Å². The third kappa shape index (κ3) is 6.03. The number of fused-ring (bicyclic) bond motifs is 4. The summed E-state index contributed by atoms with van der Waals surface area (Å²) in [5.74, 6) is -1.18. The molecule has 4 heterocycles. The van der Waals surface area contributed by atoms with Crippen molar-refractivity contribution in [3.8, 4) is 10.4 Å². The van der Waals surface area contributed by atoms with E-state index in [9.17, 15) is 9.90 Å². The van der Waals surface area contributed by atoms with Gasteiger partial charge in [0.1, 0.15) is 0 Å². The lowest BCUT2D eigenvalue weighted by molar-refractivity contribution is -0.132. The fourth-order valence-corrected chi connectivity index (χ4v) is 9.78. The number of carboxylic acid groups (broad SMARTS) is 1. The zero-order valence-corrected chi connectivity index (χ0v) is 26.3. The van der Waals surface area contributed by atoms with Crippen LogP contribution < -0.4 is 4.90 Å². The van der Waals surface area contributed by atoms with Crippen LogP contribution in [0.15, 0.2) is 60.3 Å². The van der Waals surface area contributed by atoms with Gasteiger partial charge in [0.2, 0.25) is 0 Å². The Morgan fingerprint density at radius 1 is 0.952 bits per heavy atom. The standard InChI is InChI=1S/C35H34N2O2S3/c1-3-4-5-6-7-8-10-23-12-15-26(16-13-23)37-18-9-11-24-19-25(14-17-29(24)37)30-22-32-34(42-30)33-31(41-32)21-27(40-33)20-28(36-2)35(38)39/h12-17,19-22H,3-11,18H2,1H3,(H,38,39)/b28-20-. The van der Waals surface area contributed by atoms with Crippen molar-refractivity contribution >= 4 is 76.2 Å². The Bertz CT molecular complexity index is 1800. The molecular weight excluding hydrogens is 577 g/mol. The molecule has 0 amide bonds. The number of anilines is 2. The highest BCUT2D eigenvalue weighted by Gasteiger charge is 2.20. The van der Waals surface area contributed by atoms with Crippen LogP contribution in [-0.2, 0) is 17.6 Å². The lowest BCUT2D eigenvalue weighted by atomic mass is 9.97. The average Bonchev–Trinajstić information content (AvgIpc) is 3.68. The van der Waals surface area contributed by atoms with E-state index >= 15 is 0 Å². The molecule has 5 aromatic rings. The van der Waals surface area contributed by atoms with Gasteiger partial charge in [0.15, 0.2) is 0 Å². The number of carbonyl (C=O) groups is 1. The molecule has 7 heteroatoms. The third-order valence-electron chi connectivity index (χ3n) is 8.01. The molecule has 0 unspecified atom stereocenters. The van der Waals surface area contributed by atoms with E-state index in [0.717, 1.165) is 29.0 Å². The number of aliphatic carboxylic acids is 1. The van der Waals surface area contributed by atoms with Crippen molar-refractivity contribution in [2.24, 2.45) is 0 Å². The van der Waals surface area contributed by atoms with E-state index in [1.165, 1.54) is 98.1 Å². The summed E-state index contributed by atoms with van der Waals surface area (Å²) in [6, 6.07) is 20.5. The molecule has 0 atom stereocenters. The maximum atomic E-state index is 11.3. The zero-order chi connectivity index (χ0) is 29.1. The monoisotopic (exact) mass is 610 g/mol. The minimum absolute atomic E-state index is 0.251. The number of hydrogen-bond donors (Lipinski definition) is 1. The lowest BCUT2D eigenvalue weighted by Crippen LogP contribution is -2.24. The molecule has 2 aromatic carbocycles. The van der Waals surface area contributed by atoms with Crippen LogP contribution >= 0.6 is 34.0 Å². The van der Waals surface area contributed by atoms with Gasteiger partial charge in [-0.3, -0.25) is 4.79 Å². The predicted molar refractivity (Wildman–Crippen MR) is 182 cm³/mol. The van der Waals surface area contributed by atoms with Crippen LogP contribution in [0.3, 0.4) is 0 Å². The molecule has 0 fully saturated rings. The summed E-state index contributed by atoms with van der Waals surface area (Å²) in [5, 5.41) is 9.22. The number of aryl methyl sites for hydroxylation is 2. The smallest absolute Gasteiger partial charge is 0.333 e. The Labute approximate surface area is 259 Å². The summed E-state index contributed by atoms with van der Waals surface area (Å²) in [6.45, 7) is 10.4. The van der Waals surface area contributed by atoms with Crippen LogP contribution in [0.2, 0.25) is 0 Å². The summed E-state index contributed by atoms with van der Waals surface area (Å²) in [4.78, 5) is 19.0. The van der Waals surface area contributed by atoms with Crippen LogP contribution in [0.4, 0.5) is 11.4 Å². The highest BCUT2D eigenvalue weighted by molar-refractivity contribution is 7.39. The number of nitrogens with zero attached hydrogens (tertiary/aromatic N) is 2. The Balaban J connectivity index is 1.19. The maximum absolute atomic E-state index is 11.3. The minimum atomic E-state index is -1.18. The first-order valence-corrected chi connectivity index (χ1v) is 17.3. The number of thiophene rings is 3. The van der Waals surface area contributed by atoms with Crippen molar-refractivity contribution in [3.63, 3.8) is 0 Å². The van der Waals surface area contributed by atoms with Crippen molar-refractivity contribution in [2.45, 2.75) is 64.7 Å². The fraction of sp³-hybridized carbons (Fsp3) is 0.314. The van der Waals surface area contributed by atoms with Crippen molar-refractivity contribution in [1.82, 2.24) is 0 Å². The van der Waals surface area contributed by atoms with Gasteiger partial charge in [-0.25, -0.2) is 4.85 Å². The number of carboxylic acids is 1. The minimum Gasteiger partial charge on any atom is -0.486 e. The lowest BCUT2D eigenvalue weighted by Gasteiger charge is -2.32. The summed E-state index contributed by atoms with van der Waals surface area (Å²) in [7, 11) is 0. The summed E-state index contributed by atoms with van der Waals surface area (Å²) in [6.07, 6.45) is 12.9. The van der Waals surface area contributed by atoms with Crippen molar-refractivity contribution < 1.29 is 9.90 Å². The molecule has 0 saturated heterocycles. The van der Waals surface area contributed by atoms with E-state index in [-0.39, 0.29) is 5.70 Å². The van der Waals surface area contributed by atoms with Gasteiger partial charge in [0, 0.05) is 37.1 Å². The Kier molecular flexibility index (Phi) is 8.76. The van der Waals surface area contributed by atoms with Crippen molar-refractivity contribution in [2.75, 3.05) is 11.4 Å². The van der Waals surface area contributed by atoms with Gasteiger partial charge in [-0.2, -0.15) is 0 Å². The molecule has 0 aliphatic carbocycles. The second-order valence-electron chi connectivity index (χ2n) is 11.0. The van der Waals surface area contributed by atoms with E-state index in [1.807, 2.05) is 6.07 Å². The Hall–Kier alpha value is -3.44. The molecule has 0 spiro atoms. The second-order valence-corrected chi connectivity index (χ2v) is 14.2. The molecule has 1 N–H and O–H groups in total. The van der Waals surface area contributed by atoms with Gasteiger partial charge < -0.3 is 10.0 Å². The first-order chi connectivity index (χ1) is 20.5. The fourth-order valence-electron chi connectivity index (χ4n) is 5.81. The van der Waals surface area contributed by atoms with Crippen LogP contribution in [0.5, 0.6) is 0 Å². The largest absolute Gasteiger partial charge is 0.486 e. The maximum Gasteiger partial charge on any atom is 0.333 e. The molecule has 6 rings (SSSR count). The molecule has 1 aliphatic rings. The summed E-state index contributed by atoms with van der Waals surface area (Å²) >= 11 is 5.10. The number of unbranched alkanes of at least 4 members (excludes halogenated alkanes) is 5. The Morgan fingerprint density at radius 2 is 1.71 bits per heavy atom. The molecular formula is C35H34N2O2S3. The van der Waals surface area contributed by atoms with Gasteiger partial charge in [-0.05, 0) is 84.8 Å². The SMILES string of the molecule is [C-]#[N+]/C(=C\c1cc2sc3cc(-c4ccc5c(c4)CCCN5c4ccc(CCCCCCCC)cc4)sc3c2s1)C(=O)O. The zero-order valence-electron chi connectivity index (χ0n) is 23.8. The quantitative estimate of drug-likeness (QED) is 0.0919. The predicted octanol–water partition coefficient (Wildman–Crippen LogP) is 11.2. The van der Waals surface area contributed by atoms with Gasteiger partial charge in [-0.1, -0.05) is 57.2 Å². The summed E-state index contributed by atoms with van der Waals surface area (Å²) in [5.41, 5.74) is 6.44. The van der Waals surface area contributed by atoms with Gasteiger partial charge in [-0.15, -0.1) is 34.0 Å². The molecule has 0 bridgehead atoms. The molecule has 214 valence electrons. The highest BCUT2D eigenvalue weighted by atomic mass is 32.1. The van der Waals surface area contributed by atoms with E-state index < -0.39 is 5.97 Å². The first-order valence-electron chi connectivity index (χ1n) is 14.8. The first kappa shape index (κ1) is 28.7. The van der Waals surface area contributed by atoms with E-state index in [1.54, 1.807) is 34.0 Å². The molecule has 3 aromatic heterocycles. The van der Waals surface area contributed by atoms with Crippen LogP contribution in [0, 0.1) is 6.57 Å². The van der Waals surface area contributed by atoms with E-state index in [0.29, 0.717) is 0 Å². The summed E-state index contributed by atoms with van der Waals surface area (Å²) < 4.78 is 4.83. The van der Waals surface area contributed by atoms with E-state index in [4.69, 9.17) is 6.57 Å². The number of hydrogen-bond acceptors (Lipinski definition) is 5. The molecule has 1 aliphatic heterocycles. The average molecular weight is 611 g/mol. The number of benzene rings is 2. The van der Waals surface area contributed by atoms with Crippen LogP contribution in [-0.4, -0.2) is 17.6 Å². The molecule has 0 radical (unpaired) electrons. The van der Waals surface area contributed by atoms with Gasteiger partial charge in [0.25, 0.3) is 5.70 Å². The third-order valence-corrected chi connectivity index (χ3v) is 11.8. The second kappa shape index (κ2) is 12.8. The normalized spacial score (nSPS) is 13.5. The molecule has 4 nitrogen and oxygen atoms in total. The van der Waals surface area contributed by atoms with Crippen LogP contribution in [0.1, 0.15) is 67.9 Å².